The van der Waals surface area contributed by atoms with Gasteiger partial charge in [-0.15, -0.1) is 0 Å². The molecule has 0 radical (unpaired) electrons. The fraction of sp³-hybridized carbons (Fsp3) is 0.538. The number of aliphatic hydroxyl groups excluding tert-OH is 1. The average Bonchev–Trinajstić information content (AvgIpc) is 2.47. The molecular weight excluding hydrogens is 330 g/mol. The number of sulfonamides is 1. The standard InChI is InChI=1S/C13H18BrNO3S/c14-9-11-4-3-6-13(8-11)19(17,18)15-7-2-1-5-12(15)10-16/h3-4,6,8,12,16H,1-2,5,7,9-10H2/t12-/m0/s1. The summed E-state index contributed by atoms with van der Waals surface area (Å²) in [5.41, 5.74) is 0.929. The number of halogens is 1. The first-order valence-electron chi connectivity index (χ1n) is 6.37. The van der Waals surface area contributed by atoms with Crippen molar-refractivity contribution in [3.05, 3.63) is 29.8 Å². The van der Waals surface area contributed by atoms with E-state index in [9.17, 15) is 13.5 Å². The van der Waals surface area contributed by atoms with Gasteiger partial charge in [-0.2, -0.15) is 4.31 Å². The third-order valence-corrected chi connectivity index (χ3v) is 6.04. The van der Waals surface area contributed by atoms with E-state index in [0.717, 1.165) is 24.8 Å². The number of alkyl halides is 1. The van der Waals surface area contributed by atoms with Crippen LogP contribution in [0, 0.1) is 0 Å². The summed E-state index contributed by atoms with van der Waals surface area (Å²) in [7, 11) is -3.50. The van der Waals surface area contributed by atoms with Gasteiger partial charge >= 0.3 is 0 Å². The molecule has 0 aliphatic carbocycles. The Kier molecular flexibility index (Phi) is 5.00. The van der Waals surface area contributed by atoms with E-state index in [1.54, 1.807) is 18.2 Å². The summed E-state index contributed by atoms with van der Waals surface area (Å²) < 4.78 is 26.7. The van der Waals surface area contributed by atoms with Crippen molar-refractivity contribution in [2.75, 3.05) is 13.2 Å². The van der Waals surface area contributed by atoms with Crippen molar-refractivity contribution < 1.29 is 13.5 Å². The Morgan fingerprint density at radius 1 is 1.37 bits per heavy atom. The number of hydrogen-bond acceptors (Lipinski definition) is 3. The van der Waals surface area contributed by atoms with E-state index in [1.807, 2.05) is 6.07 Å². The van der Waals surface area contributed by atoms with Crippen LogP contribution in [-0.2, 0) is 15.4 Å². The highest BCUT2D eigenvalue weighted by atomic mass is 79.9. The lowest BCUT2D eigenvalue weighted by atomic mass is 10.1. The maximum Gasteiger partial charge on any atom is 0.243 e. The molecule has 4 nitrogen and oxygen atoms in total. The molecule has 6 heteroatoms. The van der Waals surface area contributed by atoms with Gasteiger partial charge in [-0.1, -0.05) is 34.5 Å². The predicted molar refractivity (Wildman–Crippen MR) is 77.7 cm³/mol. The van der Waals surface area contributed by atoms with Crippen LogP contribution in [0.15, 0.2) is 29.2 Å². The molecule has 0 bridgehead atoms. The minimum Gasteiger partial charge on any atom is -0.395 e. The number of nitrogens with zero attached hydrogens (tertiary/aromatic N) is 1. The first-order chi connectivity index (χ1) is 9.09. The second-order valence-corrected chi connectivity index (χ2v) is 7.18. The van der Waals surface area contributed by atoms with Gasteiger partial charge in [0.1, 0.15) is 0 Å². The first kappa shape index (κ1) is 15.0. The Hall–Kier alpha value is -0.430. The second kappa shape index (κ2) is 6.35. The summed E-state index contributed by atoms with van der Waals surface area (Å²) in [4.78, 5) is 0.310. The van der Waals surface area contributed by atoms with Gasteiger partial charge in [-0.25, -0.2) is 8.42 Å². The number of aliphatic hydroxyl groups is 1. The highest BCUT2D eigenvalue weighted by Crippen LogP contribution is 2.25. The molecule has 1 N–H and O–H groups in total. The topological polar surface area (TPSA) is 57.6 Å². The van der Waals surface area contributed by atoms with Crippen molar-refractivity contribution in [1.82, 2.24) is 4.31 Å². The van der Waals surface area contributed by atoms with E-state index in [2.05, 4.69) is 15.9 Å². The summed E-state index contributed by atoms with van der Waals surface area (Å²) in [5.74, 6) is 0. The Morgan fingerprint density at radius 3 is 2.84 bits per heavy atom. The number of piperidine rings is 1. The first-order valence-corrected chi connectivity index (χ1v) is 8.93. The molecule has 1 aliphatic heterocycles. The summed E-state index contributed by atoms with van der Waals surface area (Å²) in [5, 5.41) is 9.98. The molecule has 1 aliphatic rings. The lowest BCUT2D eigenvalue weighted by Gasteiger charge is -2.33. The average molecular weight is 348 g/mol. The van der Waals surface area contributed by atoms with E-state index in [-0.39, 0.29) is 12.6 Å². The van der Waals surface area contributed by atoms with E-state index in [4.69, 9.17) is 0 Å². The molecule has 0 spiro atoms. The molecule has 1 atom stereocenters. The Bertz CT molecular complexity index is 532. The highest BCUT2D eigenvalue weighted by molar-refractivity contribution is 9.08. The molecule has 2 rings (SSSR count). The van der Waals surface area contributed by atoms with Gasteiger partial charge < -0.3 is 5.11 Å². The van der Waals surface area contributed by atoms with E-state index in [1.165, 1.54) is 4.31 Å². The van der Waals surface area contributed by atoms with Gasteiger partial charge in [0.2, 0.25) is 10.0 Å². The zero-order chi connectivity index (χ0) is 13.9. The molecule has 1 aromatic carbocycles. The summed E-state index contributed by atoms with van der Waals surface area (Å²) in [6, 6.07) is 6.65. The van der Waals surface area contributed by atoms with Crippen LogP contribution in [0.5, 0.6) is 0 Å². The normalized spacial score (nSPS) is 21.5. The minimum atomic E-state index is -3.50. The summed E-state index contributed by atoms with van der Waals surface area (Å²) in [6.07, 6.45) is 2.56. The zero-order valence-electron chi connectivity index (χ0n) is 10.6. The molecule has 1 fully saturated rings. The largest absolute Gasteiger partial charge is 0.395 e. The second-order valence-electron chi connectivity index (χ2n) is 4.73. The van der Waals surface area contributed by atoms with Gasteiger partial charge in [0.25, 0.3) is 0 Å². The quantitative estimate of drug-likeness (QED) is 0.848. The van der Waals surface area contributed by atoms with Crippen molar-refractivity contribution in [1.29, 1.82) is 0 Å². The van der Waals surface area contributed by atoms with Crippen molar-refractivity contribution in [2.24, 2.45) is 0 Å². The van der Waals surface area contributed by atoms with Crippen LogP contribution in [0.1, 0.15) is 24.8 Å². The third-order valence-electron chi connectivity index (χ3n) is 3.44. The highest BCUT2D eigenvalue weighted by Gasteiger charge is 2.32. The van der Waals surface area contributed by atoms with Crippen LogP contribution in [0.2, 0.25) is 0 Å². The van der Waals surface area contributed by atoms with Crippen molar-refractivity contribution in [2.45, 2.75) is 35.5 Å². The molecule has 0 aromatic heterocycles. The Balaban J connectivity index is 2.34. The molecule has 0 amide bonds. The number of rotatable bonds is 4. The Morgan fingerprint density at radius 2 is 2.16 bits per heavy atom. The maximum absolute atomic E-state index is 12.6. The van der Waals surface area contributed by atoms with Crippen LogP contribution < -0.4 is 0 Å². The molecule has 1 saturated heterocycles. The summed E-state index contributed by atoms with van der Waals surface area (Å²) >= 11 is 3.33. The molecular formula is C13H18BrNO3S. The Labute approximate surface area is 122 Å². The van der Waals surface area contributed by atoms with Crippen LogP contribution in [0.25, 0.3) is 0 Å². The predicted octanol–water partition coefficient (Wildman–Crippen LogP) is 2.12. The monoisotopic (exact) mass is 347 g/mol. The van der Waals surface area contributed by atoms with Crippen molar-refractivity contribution in [3.8, 4) is 0 Å². The van der Waals surface area contributed by atoms with Crippen molar-refractivity contribution in [3.63, 3.8) is 0 Å². The third kappa shape index (κ3) is 3.18. The van der Waals surface area contributed by atoms with E-state index in [0.29, 0.717) is 16.8 Å². The number of hydrogen-bond donors (Lipinski definition) is 1. The summed E-state index contributed by atoms with van der Waals surface area (Å²) in [6.45, 7) is 0.378. The molecule has 0 saturated carbocycles. The van der Waals surface area contributed by atoms with Gasteiger partial charge in [0, 0.05) is 17.9 Å². The molecule has 106 valence electrons. The van der Waals surface area contributed by atoms with Gasteiger partial charge in [0.05, 0.1) is 11.5 Å². The van der Waals surface area contributed by atoms with E-state index < -0.39 is 10.0 Å². The fourth-order valence-corrected chi connectivity index (χ4v) is 4.50. The lowest BCUT2D eigenvalue weighted by Crippen LogP contribution is -2.45. The van der Waals surface area contributed by atoms with Gasteiger partial charge in [-0.05, 0) is 30.5 Å². The smallest absolute Gasteiger partial charge is 0.243 e. The fourth-order valence-electron chi connectivity index (χ4n) is 2.40. The van der Waals surface area contributed by atoms with Crippen LogP contribution in [0.4, 0.5) is 0 Å². The van der Waals surface area contributed by atoms with Crippen LogP contribution in [0.3, 0.4) is 0 Å². The SMILES string of the molecule is O=S(=O)(c1cccc(CBr)c1)N1CCCC[C@H]1CO. The van der Waals surface area contributed by atoms with Crippen LogP contribution >= 0.6 is 15.9 Å². The van der Waals surface area contributed by atoms with Crippen LogP contribution in [-0.4, -0.2) is 37.0 Å². The minimum absolute atomic E-state index is 0.114. The molecule has 0 unspecified atom stereocenters. The molecule has 19 heavy (non-hydrogen) atoms. The zero-order valence-corrected chi connectivity index (χ0v) is 13.0. The molecule has 1 aromatic rings. The van der Waals surface area contributed by atoms with Gasteiger partial charge in [-0.3, -0.25) is 0 Å². The van der Waals surface area contributed by atoms with E-state index >= 15 is 0 Å². The maximum atomic E-state index is 12.6. The molecule has 1 heterocycles. The number of benzene rings is 1. The van der Waals surface area contributed by atoms with Gasteiger partial charge in [0.15, 0.2) is 0 Å². The van der Waals surface area contributed by atoms with Crippen molar-refractivity contribution >= 4 is 26.0 Å². The lowest BCUT2D eigenvalue weighted by molar-refractivity contribution is 0.155.